The average molecular weight is 341 g/mol. The second-order valence-electron chi connectivity index (χ2n) is 5.76. The van der Waals surface area contributed by atoms with Gasteiger partial charge in [0.25, 0.3) is 11.8 Å². The van der Waals surface area contributed by atoms with Gasteiger partial charge in [0.15, 0.2) is 0 Å². The monoisotopic (exact) mass is 341 g/mol. The molecule has 4 rings (SSSR count). The predicted octanol–water partition coefficient (Wildman–Crippen LogP) is 2.53. The molecule has 3 aromatic heterocycles. The molecule has 1 atom stereocenters. The van der Waals surface area contributed by atoms with E-state index in [0.717, 1.165) is 16.9 Å². The molecule has 0 aromatic carbocycles. The largest absolute Gasteiger partial charge is 0.419 e. The van der Waals surface area contributed by atoms with Gasteiger partial charge in [0.2, 0.25) is 5.89 Å². The zero-order chi connectivity index (χ0) is 16.5. The van der Waals surface area contributed by atoms with Crippen molar-refractivity contribution in [2.45, 2.75) is 19.3 Å². The van der Waals surface area contributed by atoms with Crippen LogP contribution in [0.3, 0.4) is 0 Å². The number of hydrogen-bond donors (Lipinski definition) is 0. The zero-order valence-corrected chi connectivity index (χ0v) is 13.9. The normalized spacial score (nSPS) is 17.4. The summed E-state index contributed by atoms with van der Waals surface area (Å²) in [4.78, 5) is 23.3. The molecule has 1 amide bonds. The molecule has 0 aliphatic carbocycles. The molecular weight excluding hydrogens is 326 g/mol. The van der Waals surface area contributed by atoms with Crippen molar-refractivity contribution in [1.29, 1.82) is 0 Å². The van der Waals surface area contributed by atoms with Gasteiger partial charge in [-0.25, -0.2) is 4.98 Å². The Bertz CT molecular complexity index is 860. The van der Waals surface area contributed by atoms with Crippen LogP contribution in [0.25, 0.3) is 11.6 Å². The van der Waals surface area contributed by atoms with E-state index in [1.165, 1.54) is 11.3 Å². The molecule has 3 aromatic rings. The van der Waals surface area contributed by atoms with E-state index in [9.17, 15) is 4.79 Å². The summed E-state index contributed by atoms with van der Waals surface area (Å²) in [7, 11) is 0. The second-order valence-corrected chi connectivity index (χ2v) is 6.67. The minimum atomic E-state index is 0.0629. The number of thiophene rings is 1. The van der Waals surface area contributed by atoms with Crippen molar-refractivity contribution in [3.8, 4) is 11.6 Å². The Balaban J connectivity index is 1.47. The van der Waals surface area contributed by atoms with E-state index in [4.69, 9.17) is 4.42 Å². The van der Waals surface area contributed by atoms with Crippen LogP contribution in [0.4, 0.5) is 0 Å². The highest BCUT2D eigenvalue weighted by molar-refractivity contribution is 7.12. The predicted molar refractivity (Wildman–Crippen MR) is 87.6 cm³/mol. The third kappa shape index (κ3) is 2.80. The summed E-state index contributed by atoms with van der Waals surface area (Å²) in [5, 5.41) is 10.2. The number of aromatic nitrogens is 4. The van der Waals surface area contributed by atoms with Crippen LogP contribution < -0.4 is 0 Å². The molecular formula is C16H15N5O2S. The number of hydrogen-bond acceptors (Lipinski definition) is 7. The number of carbonyl (C=O) groups is 1. The molecule has 1 aliphatic heterocycles. The maximum absolute atomic E-state index is 12.5. The summed E-state index contributed by atoms with van der Waals surface area (Å²) < 4.78 is 5.73. The number of nitrogens with zero attached hydrogens (tertiary/aromatic N) is 5. The first-order valence-corrected chi connectivity index (χ1v) is 8.53. The van der Waals surface area contributed by atoms with Gasteiger partial charge in [0.1, 0.15) is 5.69 Å². The molecule has 7 nitrogen and oxygen atoms in total. The molecule has 24 heavy (non-hydrogen) atoms. The van der Waals surface area contributed by atoms with Crippen LogP contribution in [-0.4, -0.2) is 44.1 Å². The topological polar surface area (TPSA) is 85.0 Å². The fraction of sp³-hybridized carbons (Fsp3) is 0.312. The fourth-order valence-electron chi connectivity index (χ4n) is 2.76. The minimum absolute atomic E-state index is 0.0629. The summed E-state index contributed by atoms with van der Waals surface area (Å²) in [5.74, 6) is 1.04. The quantitative estimate of drug-likeness (QED) is 0.728. The van der Waals surface area contributed by atoms with Gasteiger partial charge in [-0.3, -0.25) is 9.78 Å². The van der Waals surface area contributed by atoms with E-state index >= 15 is 0 Å². The lowest BCUT2D eigenvalue weighted by Crippen LogP contribution is -2.27. The van der Waals surface area contributed by atoms with Crippen molar-refractivity contribution in [2.75, 3.05) is 13.1 Å². The molecule has 0 bridgehead atoms. The molecule has 1 aliphatic rings. The summed E-state index contributed by atoms with van der Waals surface area (Å²) >= 11 is 1.49. The lowest BCUT2D eigenvalue weighted by Gasteiger charge is -2.14. The van der Waals surface area contributed by atoms with Crippen molar-refractivity contribution in [3.63, 3.8) is 0 Å². The second kappa shape index (κ2) is 6.12. The van der Waals surface area contributed by atoms with Gasteiger partial charge in [-0.05, 0) is 30.4 Å². The first kappa shape index (κ1) is 14.9. The maximum Gasteiger partial charge on any atom is 0.267 e. The molecule has 0 N–H and O–H groups in total. The molecule has 122 valence electrons. The molecule has 0 spiro atoms. The van der Waals surface area contributed by atoms with Crippen LogP contribution in [0.1, 0.15) is 33.5 Å². The average Bonchev–Trinajstić information content (AvgIpc) is 3.35. The highest BCUT2D eigenvalue weighted by atomic mass is 32.1. The van der Waals surface area contributed by atoms with Gasteiger partial charge in [-0.2, -0.15) is 0 Å². The smallest absolute Gasteiger partial charge is 0.267 e. The van der Waals surface area contributed by atoms with Gasteiger partial charge in [0.05, 0.1) is 17.0 Å². The number of rotatable bonds is 3. The molecule has 1 unspecified atom stereocenters. The van der Waals surface area contributed by atoms with Gasteiger partial charge >= 0.3 is 0 Å². The van der Waals surface area contributed by atoms with Crippen molar-refractivity contribution < 1.29 is 9.21 Å². The van der Waals surface area contributed by atoms with E-state index in [-0.39, 0.29) is 11.8 Å². The van der Waals surface area contributed by atoms with Gasteiger partial charge in [0, 0.05) is 25.5 Å². The Morgan fingerprint density at radius 1 is 1.38 bits per heavy atom. The Labute approximate surface area is 142 Å². The van der Waals surface area contributed by atoms with Gasteiger partial charge in [-0.15, -0.1) is 21.5 Å². The number of likely N-dealkylation sites (tertiary alicyclic amines) is 1. The zero-order valence-electron chi connectivity index (χ0n) is 13.0. The van der Waals surface area contributed by atoms with Crippen LogP contribution in [0.2, 0.25) is 0 Å². The standard InChI is InChI=1S/C16H15N5O2S/c1-10-6-13(24-9-10)16(22)21-5-2-11(8-21)14-19-20-15(23-14)12-7-17-3-4-18-12/h3-4,6-7,9,11H,2,5,8H2,1H3. The minimum Gasteiger partial charge on any atom is -0.419 e. The number of amides is 1. The first-order valence-electron chi connectivity index (χ1n) is 7.65. The summed E-state index contributed by atoms with van der Waals surface area (Å²) in [6, 6.07) is 1.93. The Hall–Kier alpha value is -2.61. The van der Waals surface area contributed by atoms with E-state index in [1.54, 1.807) is 18.6 Å². The highest BCUT2D eigenvalue weighted by Crippen LogP contribution is 2.29. The maximum atomic E-state index is 12.5. The molecule has 0 saturated carbocycles. The van der Waals surface area contributed by atoms with Crippen LogP contribution >= 0.6 is 11.3 Å². The fourth-order valence-corrected chi connectivity index (χ4v) is 3.62. The highest BCUT2D eigenvalue weighted by Gasteiger charge is 2.32. The molecule has 0 radical (unpaired) electrons. The van der Waals surface area contributed by atoms with E-state index < -0.39 is 0 Å². The lowest BCUT2D eigenvalue weighted by atomic mass is 10.1. The summed E-state index contributed by atoms with van der Waals surface area (Å²) in [6.45, 7) is 3.29. The molecule has 8 heteroatoms. The SMILES string of the molecule is Cc1csc(C(=O)N2CCC(c3nnc(-c4cnccn4)o3)C2)c1. The van der Waals surface area contributed by atoms with Crippen molar-refractivity contribution in [3.05, 3.63) is 46.4 Å². The number of aryl methyl sites for hydroxylation is 1. The number of carbonyl (C=O) groups excluding carboxylic acids is 1. The Morgan fingerprint density at radius 2 is 2.29 bits per heavy atom. The van der Waals surface area contributed by atoms with Crippen LogP contribution in [0.5, 0.6) is 0 Å². The van der Waals surface area contributed by atoms with Gasteiger partial charge < -0.3 is 9.32 Å². The lowest BCUT2D eigenvalue weighted by molar-refractivity contribution is 0.0794. The van der Waals surface area contributed by atoms with Crippen LogP contribution in [-0.2, 0) is 0 Å². The third-order valence-electron chi connectivity index (χ3n) is 3.99. The van der Waals surface area contributed by atoms with Crippen molar-refractivity contribution >= 4 is 17.2 Å². The molecule has 1 fully saturated rings. The van der Waals surface area contributed by atoms with Crippen molar-refractivity contribution in [1.82, 2.24) is 25.1 Å². The van der Waals surface area contributed by atoms with Crippen LogP contribution in [0, 0.1) is 6.92 Å². The van der Waals surface area contributed by atoms with Crippen LogP contribution in [0.15, 0.2) is 34.5 Å². The van der Waals surface area contributed by atoms with E-state index in [2.05, 4.69) is 20.2 Å². The molecule has 4 heterocycles. The first-order chi connectivity index (χ1) is 11.7. The summed E-state index contributed by atoms with van der Waals surface area (Å²) in [6.07, 6.45) is 5.57. The Kier molecular flexibility index (Phi) is 3.81. The summed E-state index contributed by atoms with van der Waals surface area (Å²) in [5.41, 5.74) is 1.67. The third-order valence-corrected chi connectivity index (χ3v) is 5.03. The Morgan fingerprint density at radius 3 is 3.04 bits per heavy atom. The van der Waals surface area contributed by atoms with Crippen molar-refractivity contribution in [2.24, 2.45) is 0 Å². The van der Waals surface area contributed by atoms with E-state index in [0.29, 0.717) is 30.6 Å². The van der Waals surface area contributed by atoms with Gasteiger partial charge in [-0.1, -0.05) is 0 Å². The molecule has 1 saturated heterocycles. The van der Waals surface area contributed by atoms with E-state index in [1.807, 2.05) is 23.3 Å².